The topological polar surface area (TPSA) is 37.3 Å². The Balaban J connectivity index is 2.13. The van der Waals surface area contributed by atoms with Crippen LogP contribution in [0, 0.1) is 5.82 Å². The molecule has 2 aromatic rings. The first-order valence-electron chi connectivity index (χ1n) is 6.58. The van der Waals surface area contributed by atoms with Gasteiger partial charge in [-0.3, -0.25) is 0 Å². The van der Waals surface area contributed by atoms with Gasteiger partial charge in [0.2, 0.25) is 0 Å². The summed E-state index contributed by atoms with van der Waals surface area (Å²) in [6.45, 7) is 0. The van der Waals surface area contributed by atoms with E-state index in [1.807, 2.05) is 12.1 Å². The molecule has 2 nitrogen and oxygen atoms in total. The first-order chi connectivity index (χ1) is 10.1. The van der Waals surface area contributed by atoms with E-state index < -0.39 is 11.8 Å². The minimum Gasteiger partial charge on any atom is -0.478 e. The first kappa shape index (κ1) is 13.8. The van der Waals surface area contributed by atoms with Gasteiger partial charge in [-0.2, -0.15) is 0 Å². The van der Waals surface area contributed by atoms with Crippen LogP contribution in [0.5, 0.6) is 0 Å². The lowest BCUT2D eigenvalue weighted by Crippen LogP contribution is -2.05. The Labute approximate surface area is 126 Å². The van der Waals surface area contributed by atoms with Crippen molar-refractivity contribution >= 4 is 23.1 Å². The molecule has 106 valence electrons. The molecule has 2 aromatic carbocycles. The Morgan fingerprint density at radius 1 is 1.19 bits per heavy atom. The number of hydrogen-bond donors (Lipinski definition) is 1. The van der Waals surface area contributed by atoms with E-state index in [0.29, 0.717) is 0 Å². The number of fused-ring (bicyclic) bond motifs is 1. The average molecular weight is 303 g/mol. The molecule has 0 radical (unpaired) electrons. The maximum Gasteiger partial charge on any atom is 0.335 e. The van der Waals surface area contributed by atoms with Gasteiger partial charge in [0.1, 0.15) is 5.82 Å². The largest absolute Gasteiger partial charge is 0.478 e. The van der Waals surface area contributed by atoms with Crippen molar-refractivity contribution < 1.29 is 14.3 Å². The molecular weight excluding hydrogens is 291 g/mol. The van der Waals surface area contributed by atoms with Crippen molar-refractivity contribution in [3.63, 3.8) is 0 Å². The van der Waals surface area contributed by atoms with Crippen molar-refractivity contribution in [1.29, 1.82) is 0 Å². The number of aromatic carboxylic acids is 1. The molecule has 0 unspecified atom stereocenters. The molecule has 0 aromatic heterocycles. The normalized spacial score (nSPS) is 13.5. The number of carboxylic acids is 1. The molecule has 21 heavy (non-hydrogen) atoms. The monoisotopic (exact) mass is 302 g/mol. The van der Waals surface area contributed by atoms with Crippen LogP contribution in [-0.4, -0.2) is 11.1 Å². The van der Waals surface area contributed by atoms with Crippen molar-refractivity contribution in [2.24, 2.45) is 0 Å². The molecule has 0 atom stereocenters. The third-order valence-corrected chi connectivity index (χ3v) is 3.93. The van der Waals surface area contributed by atoms with Gasteiger partial charge in [0.15, 0.2) is 0 Å². The third kappa shape index (κ3) is 2.57. The second-order valence-corrected chi connectivity index (χ2v) is 5.37. The quantitative estimate of drug-likeness (QED) is 0.883. The van der Waals surface area contributed by atoms with Crippen LogP contribution in [0.3, 0.4) is 0 Å². The Morgan fingerprint density at radius 2 is 2.00 bits per heavy atom. The standard InChI is InChI=1S/C17H12ClFO2/c18-15-9-11(6-7-16(15)19)13-3-1-2-10-4-5-12(17(20)21)8-14(10)13/h3-9H,1-2H2,(H,20,21). The molecule has 0 bridgehead atoms. The summed E-state index contributed by atoms with van der Waals surface area (Å²) < 4.78 is 13.3. The van der Waals surface area contributed by atoms with Crippen LogP contribution in [0.4, 0.5) is 4.39 Å². The summed E-state index contributed by atoms with van der Waals surface area (Å²) in [5.41, 5.74) is 3.92. The Morgan fingerprint density at radius 3 is 2.71 bits per heavy atom. The molecule has 0 spiro atoms. The number of aryl methyl sites for hydroxylation is 1. The van der Waals surface area contributed by atoms with E-state index in [1.54, 1.807) is 24.3 Å². The van der Waals surface area contributed by atoms with Gasteiger partial charge in [-0.25, -0.2) is 9.18 Å². The van der Waals surface area contributed by atoms with Gasteiger partial charge in [-0.1, -0.05) is 29.8 Å². The summed E-state index contributed by atoms with van der Waals surface area (Å²) >= 11 is 5.85. The number of benzene rings is 2. The van der Waals surface area contributed by atoms with Crippen molar-refractivity contribution in [3.8, 4) is 0 Å². The minimum atomic E-state index is -0.958. The summed E-state index contributed by atoms with van der Waals surface area (Å²) in [5, 5.41) is 9.20. The summed E-state index contributed by atoms with van der Waals surface area (Å²) in [6, 6.07) is 9.69. The number of carboxylic acid groups (broad SMARTS) is 1. The summed E-state index contributed by atoms with van der Waals surface area (Å²) in [4.78, 5) is 11.1. The highest BCUT2D eigenvalue weighted by atomic mass is 35.5. The zero-order chi connectivity index (χ0) is 15.0. The number of halogens is 2. The fraction of sp³-hybridized carbons (Fsp3) is 0.118. The van der Waals surface area contributed by atoms with Gasteiger partial charge < -0.3 is 5.11 Å². The van der Waals surface area contributed by atoms with E-state index in [4.69, 9.17) is 16.7 Å². The van der Waals surface area contributed by atoms with Crippen LogP contribution < -0.4 is 0 Å². The maximum absolute atomic E-state index is 13.3. The summed E-state index contributed by atoms with van der Waals surface area (Å²) in [6.07, 6.45) is 3.77. The number of carbonyl (C=O) groups is 1. The zero-order valence-electron chi connectivity index (χ0n) is 11.1. The average Bonchev–Trinajstić information content (AvgIpc) is 2.49. The van der Waals surface area contributed by atoms with E-state index in [-0.39, 0.29) is 10.6 Å². The van der Waals surface area contributed by atoms with Crippen molar-refractivity contribution in [1.82, 2.24) is 0 Å². The predicted octanol–water partition coefficient (Wildman–Crippen LogP) is 4.56. The molecular formula is C17H12ClFO2. The van der Waals surface area contributed by atoms with Crippen LogP contribution in [0.1, 0.15) is 33.5 Å². The lowest BCUT2D eigenvalue weighted by molar-refractivity contribution is 0.0697. The van der Waals surface area contributed by atoms with Gasteiger partial charge in [-0.05, 0) is 59.4 Å². The van der Waals surface area contributed by atoms with Gasteiger partial charge in [0.25, 0.3) is 0 Å². The van der Waals surface area contributed by atoms with Crippen LogP contribution in [0.2, 0.25) is 5.02 Å². The number of hydrogen-bond acceptors (Lipinski definition) is 1. The van der Waals surface area contributed by atoms with Crippen molar-refractivity contribution in [3.05, 3.63) is 75.6 Å². The summed E-state index contributed by atoms with van der Waals surface area (Å²) in [7, 11) is 0. The fourth-order valence-electron chi connectivity index (χ4n) is 2.60. The lowest BCUT2D eigenvalue weighted by Gasteiger charge is -2.19. The SMILES string of the molecule is O=C(O)c1ccc2c(c1)C(c1ccc(F)c(Cl)c1)=CCC2. The lowest BCUT2D eigenvalue weighted by atomic mass is 9.86. The van der Waals surface area contributed by atoms with E-state index in [9.17, 15) is 9.18 Å². The van der Waals surface area contributed by atoms with Crippen LogP contribution in [0.25, 0.3) is 5.57 Å². The highest BCUT2D eigenvalue weighted by Gasteiger charge is 2.17. The highest BCUT2D eigenvalue weighted by Crippen LogP contribution is 2.33. The van der Waals surface area contributed by atoms with Crippen molar-refractivity contribution in [2.45, 2.75) is 12.8 Å². The molecule has 1 N–H and O–H groups in total. The number of allylic oxidation sites excluding steroid dienone is 1. The van der Waals surface area contributed by atoms with Gasteiger partial charge in [-0.15, -0.1) is 0 Å². The van der Waals surface area contributed by atoms with E-state index in [2.05, 4.69) is 0 Å². The highest BCUT2D eigenvalue weighted by molar-refractivity contribution is 6.30. The van der Waals surface area contributed by atoms with Crippen molar-refractivity contribution in [2.75, 3.05) is 0 Å². The van der Waals surface area contributed by atoms with Gasteiger partial charge in [0.05, 0.1) is 10.6 Å². The molecule has 0 aliphatic heterocycles. The zero-order valence-corrected chi connectivity index (χ0v) is 11.8. The summed E-state index contributed by atoms with van der Waals surface area (Å²) in [5.74, 6) is -1.42. The van der Waals surface area contributed by atoms with E-state index in [0.717, 1.165) is 35.1 Å². The number of rotatable bonds is 2. The van der Waals surface area contributed by atoms with Crippen LogP contribution in [-0.2, 0) is 6.42 Å². The van der Waals surface area contributed by atoms with Gasteiger partial charge in [0, 0.05) is 0 Å². The van der Waals surface area contributed by atoms with Crippen LogP contribution in [0.15, 0.2) is 42.5 Å². The second-order valence-electron chi connectivity index (χ2n) is 4.96. The molecule has 0 amide bonds. The molecule has 1 aliphatic rings. The van der Waals surface area contributed by atoms with E-state index in [1.165, 1.54) is 6.07 Å². The molecule has 0 saturated carbocycles. The maximum atomic E-state index is 13.3. The third-order valence-electron chi connectivity index (χ3n) is 3.64. The molecule has 4 heteroatoms. The van der Waals surface area contributed by atoms with Gasteiger partial charge >= 0.3 is 5.97 Å². The minimum absolute atomic E-state index is 0.0647. The Bertz CT molecular complexity index is 765. The Kier molecular flexibility index (Phi) is 3.52. The van der Waals surface area contributed by atoms with Crippen LogP contribution >= 0.6 is 11.6 Å². The molecule has 3 rings (SSSR count). The Hall–Kier alpha value is -2.13. The molecule has 0 heterocycles. The molecule has 0 fully saturated rings. The molecule has 0 saturated heterocycles. The second kappa shape index (κ2) is 5.34. The molecule has 1 aliphatic carbocycles. The fourth-order valence-corrected chi connectivity index (χ4v) is 2.78. The smallest absolute Gasteiger partial charge is 0.335 e. The first-order valence-corrected chi connectivity index (χ1v) is 6.96. The van der Waals surface area contributed by atoms with E-state index >= 15 is 0 Å². The predicted molar refractivity (Wildman–Crippen MR) is 80.2 cm³/mol.